The highest BCUT2D eigenvalue weighted by Crippen LogP contribution is 2.20. The first-order valence-corrected chi connectivity index (χ1v) is 13.4. The molecule has 35 heavy (non-hydrogen) atoms. The third kappa shape index (κ3) is 5.94. The van der Waals surface area contributed by atoms with Crippen LogP contribution >= 0.6 is 23.1 Å². The minimum absolute atomic E-state index is 0.0522. The van der Waals surface area contributed by atoms with Crippen LogP contribution in [0.1, 0.15) is 17.3 Å². The fourth-order valence-electron chi connectivity index (χ4n) is 4.02. The highest BCUT2D eigenvalue weighted by Gasteiger charge is 2.21. The minimum Gasteiger partial charge on any atom is -0.465 e. The lowest BCUT2D eigenvalue weighted by Crippen LogP contribution is -2.49. The highest BCUT2D eigenvalue weighted by atomic mass is 32.2. The zero-order chi connectivity index (χ0) is 24.8. The molecular formula is C25H28N4O4S2. The van der Waals surface area contributed by atoms with Gasteiger partial charge in [0.1, 0.15) is 0 Å². The smallest absolute Gasteiger partial charge is 0.337 e. The number of para-hydroxylation sites is 1. The van der Waals surface area contributed by atoms with E-state index in [0.717, 1.165) is 23.3 Å². The Morgan fingerprint density at radius 1 is 1.03 bits per heavy atom. The number of aryl methyl sites for hydroxylation is 1. The first-order chi connectivity index (χ1) is 17.0. The van der Waals surface area contributed by atoms with Crippen molar-refractivity contribution >= 4 is 56.8 Å². The Hall–Kier alpha value is -3.11. The van der Waals surface area contributed by atoms with Crippen LogP contribution in [0.3, 0.4) is 0 Å². The summed E-state index contributed by atoms with van der Waals surface area (Å²) in [6.07, 6.45) is 0. The monoisotopic (exact) mass is 512 g/mol. The molecule has 0 spiro atoms. The van der Waals surface area contributed by atoms with Gasteiger partial charge in [0, 0.05) is 38.4 Å². The van der Waals surface area contributed by atoms with Crippen molar-refractivity contribution in [2.75, 3.05) is 49.7 Å². The van der Waals surface area contributed by atoms with Gasteiger partial charge >= 0.3 is 5.97 Å². The molecule has 0 aliphatic carbocycles. The van der Waals surface area contributed by atoms with Crippen molar-refractivity contribution in [3.8, 4) is 0 Å². The lowest BCUT2D eigenvalue weighted by atomic mass is 10.2. The lowest BCUT2D eigenvalue weighted by Gasteiger charge is -2.36. The fourth-order valence-corrected chi connectivity index (χ4v) is 5.87. The molecular weight excluding hydrogens is 484 g/mol. The summed E-state index contributed by atoms with van der Waals surface area (Å²) < 4.78 is 7.60. The van der Waals surface area contributed by atoms with E-state index in [2.05, 4.69) is 22.0 Å². The van der Waals surface area contributed by atoms with Gasteiger partial charge in [-0.1, -0.05) is 29.5 Å². The number of anilines is 1. The maximum atomic E-state index is 12.6. The molecule has 1 aliphatic rings. The van der Waals surface area contributed by atoms with Gasteiger partial charge < -0.3 is 19.1 Å². The molecule has 0 N–H and O–H groups in total. The van der Waals surface area contributed by atoms with Crippen molar-refractivity contribution in [2.24, 2.45) is 4.99 Å². The first-order valence-electron chi connectivity index (χ1n) is 11.4. The number of carbonyl (C=O) groups excluding carboxylic acids is 3. The molecule has 0 radical (unpaired) electrons. The van der Waals surface area contributed by atoms with Gasteiger partial charge in [0.2, 0.25) is 5.91 Å². The van der Waals surface area contributed by atoms with Gasteiger partial charge in [-0.15, -0.1) is 11.8 Å². The van der Waals surface area contributed by atoms with Crippen molar-refractivity contribution in [1.82, 2.24) is 9.47 Å². The summed E-state index contributed by atoms with van der Waals surface area (Å²) in [7, 11) is 1.35. The number of carbonyl (C=O) groups is 3. The Kier molecular flexibility index (Phi) is 8.25. The number of hydrogen-bond acceptors (Lipinski definition) is 7. The summed E-state index contributed by atoms with van der Waals surface area (Å²) in [6, 6.07) is 15.5. The molecule has 1 fully saturated rings. The maximum Gasteiger partial charge on any atom is 0.337 e. The van der Waals surface area contributed by atoms with Crippen LogP contribution in [0.5, 0.6) is 0 Å². The number of fused-ring (bicyclic) bond motifs is 1. The second-order valence-electron chi connectivity index (χ2n) is 8.00. The van der Waals surface area contributed by atoms with Crippen LogP contribution in [0.25, 0.3) is 10.2 Å². The largest absolute Gasteiger partial charge is 0.465 e. The predicted octanol–water partition coefficient (Wildman–Crippen LogP) is 3.02. The van der Waals surface area contributed by atoms with Crippen LogP contribution in [0, 0.1) is 0 Å². The molecule has 0 atom stereocenters. The normalized spacial score (nSPS) is 14.4. The Bertz CT molecular complexity index is 1280. The van der Waals surface area contributed by atoms with Gasteiger partial charge in [-0.2, -0.15) is 4.99 Å². The topological polar surface area (TPSA) is 84.2 Å². The van der Waals surface area contributed by atoms with Crippen molar-refractivity contribution in [3.63, 3.8) is 0 Å². The summed E-state index contributed by atoms with van der Waals surface area (Å²) >= 11 is 2.65. The Morgan fingerprint density at radius 2 is 1.77 bits per heavy atom. The predicted molar refractivity (Wildman–Crippen MR) is 140 cm³/mol. The minimum atomic E-state index is -0.402. The highest BCUT2D eigenvalue weighted by molar-refractivity contribution is 8.00. The zero-order valence-electron chi connectivity index (χ0n) is 19.8. The lowest BCUT2D eigenvalue weighted by molar-refractivity contribution is -0.128. The second kappa shape index (κ2) is 11.5. The van der Waals surface area contributed by atoms with Crippen molar-refractivity contribution in [1.29, 1.82) is 0 Å². The number of aromatic nitrogens is 1. The van der Waals surface area contributed by atoms with Gasteiger partial charge in [-0.25, -0.2) is 4.79 Å². The standard InChI is InChI=1S/C25H28N4O4S2/c1-3-29-20-10-9-18(24(32)33-2)15-21(20)35-25(29)26-22(30)16-34-17-23(31)28-13-11-27(12-14-28)19-7-5-4-6-8-19/h4-10,15H,3,11-14,16-17H2,1-2H3. The number of amides is 2. The van der Waals surface area contributed by atoms with Crippen molar-refractivity contribution < 1.29 is 19.1 Å². The van der Waals surface area contributed by atoms with Crippen LogP contribution in [0.2, 0.25) is 0 Å². The van der Waals surface area contributed by atoms with Gasteiger partial charge in [0.05, 0.1) is 34.4 Å². The summed E-state index contributed by atoms with van der Waals surface area (Å²) in [4.78, 5) is 46.0. The number of benzene rings is 2. The van der Waals surface area contributed by atoms with E-state index in [9.17, 15) is 14.4 Å². The van der Waals surface area contributed by atoms with Gasteiger partial charge in [0.25, 0.3) is 5.91 Å². The van der Waals surface area contributed by atoms with E-state index in [0.29, 0.717) is 30.0 Å². The number of esters is 1. The number of methoxy groups -OCH3 is 1. The molecule has 2 amide bonds. The van der Waals surface area contributed by atoms with Crippen LogP contribution in [-0.4, -0.2) is 72.0 Å². The average Bonchev–Trinajstić information content (AvgIpc) is 3.24. The van der Waals surface area contributed by atoms with E-state index in [4.69, 9.17) is 4.74 Å². The quantitative estimate of drug-likeness (QED) is 0.453. The first kappa shape index (κ1) is 25.0. The summed E-state index contributed by atoms with van der Waals surface area (Å²) in [5.74, 6) is -0.230. The summed E-state index contributed by atoms with van der Waals surface area (Å²) in [6.45, 7) is 5.58. The average molecular weight is 513 g/mol. The molecule has 2 aromatic carbocycles. The van der Waals surface area contributed by atoms with Crippen molar-refractivity contribution in [2.45, 2.75) is 13.5 Å². The summed E-state index contributed by atoms with van der Waals surface area (Å²) in [5.41, 5.74) is 2.54. The molecule has 1 saturated heterocycles. The SMILES string of the molecule is CCn1c(=NC(=O)CSCC(=O)N2CCN(c3ccccc3)CC2)sc2cc(C(=O)OC)ccc21. The fraction of sp³-hybridized carbons (Fsp3) is 0.360. The van der Waals surface area contributed by atoms with Gasteiger partial charge in [-0.05, 0) is 37.3 Å². The molecule has 4 rings (SSSR count). The number of nitrogens with zero attached hydrogens (tertiary/aromatic N) is 4. The Morgan fingerprint density at radius 3 is 2.46 bits per heavy atom. The van der Waals surface area contributed by atoms with Crippen LogP contribution in [-0.2, 0) is 20.9 Å². The zero-order valence-corrected chi connectivity index (χ0v) is 21.4. The number of thiazole rings is 1. The number of thioether (sulfide) groups is 1. The summed E-state index contributed by atoms with van der Waals surface area (Å²) in [5, 5.41) is 0. The van der Waals surface area contributed by atoms with E-state index in [1.165, 1.54) is 35.9 Å². The Labute approximate surface area is 212 Å². The van der Waals surface area contributed by atoms with Crippen LogP contribution in [0.4, 0.5) is 5.69 Å². The number of piperazine rings is 1. The number of ether oxygens (including phenoxy) is 1. The molecule has 184 valence electrons. The second-order valence-corrected chi connectivity index (χ2v) is 10.00. The third-order valence-corrected chi connectivity index (χ3v) is 7.79. The molecule has 1 aliphatic heterocycles. The van der Waals surface area contributed by atoms with E-state index in [1.807, 2.05) is 40.7 Å². The molecule has 0 bridgehead atoms. The van der Waals surface area contributed by atoms with Gasteiger partial charge in [0.15, 0.2) is 4.80 Å². The van der Waals surface area contributed by atoms with Crippen LogP contribution < -0.4 is 9.70 Å². The molecule has 10 heteroatoms. The van der Waals surface area contributed by atoms with E-state index in [-0.39, 0.29) is 23.3 Å². The molecule has 3 aromatic rings. The van der Waals surface area contributed by atoms with Crippen LogP contribution in [0.15, 0.2) is 53.5 Å². The third-order valence-electron chi connectivity index (χ3n) is 5.85. The van der Waals surface area contributed by atoms with Gasteiger partial charge in [-0.3, -0.25) is 9.59 Å². The van der Waals surface area contributed by atoms with Crippen molar-refractivity contribution in [3.05, 3.63) is 58.9 Å². The van der Waals surface area contributed by atoms with E-state index < -0.39 is 5.97 Å². The molecule has 8 nitrogen and oxygen atoms in total. The maximum absolute atomic E-state index is 12.6. The van der Waals surface area contributed by atoms with E-state index >= 15 is 0 Å². The molecule has 1 aromatic heterocycles. The number of rotatable bonds is 7. The van der Waals surface area contributed by atoms with E-state index in [1.54, 1.807) is 12.1 Å². The number of hydrogen-bond donors (Lipinski definition) is 0. The molecule has 0 unspecified atom stereocenters. The Balaban J connectivity index is 1.32. The molecule has 2 heterocycles. The molecule has 0 saturated carbocycles.